The molecule has 2 rings (SSSR count). The van der Waals surface area contributed by atoms with Crippen molar-refractivity contribution in [1.82, 2.24) is 14.9 Å². The fourth-order valence-corrected chi connectivity index (χ4v) is 3.18. The van der Waals surface area contributed by atoms with Crippen molar-refractivity contribution in [3.8, 4) is 6.07 Å². The van der Waals surface area contributed by atoms with E-state index in [4.69, 9.17) is 0 Å². The molecule has 0 aliphatic rings. The van der Waals surface area contributed by atoms with Gasteiger partial charge in [-0.25, -0.2) is 0 Å². The topological polar surface area (TPSA) is 95.7 Å². The lowest BCUT2D eigenvalue weighted by molar-refractivity contribution is -0.117. The first-order valence-electron chi connectivity index (χ1n) is 9.41. The van der Waals surface area contributed by atoms with Crippen molar-refractivity contribution in [1.29, 1.82) is 5.26 Å². The Morgan fingerprint density at radius 2 is 2.00 bits per heavy atom. The summed E-state index contributed by atoms with van der Waals surface area (Å²) in [5, 5.41) is 17.6. The van der Waals surface area contributed by atoms with E-state index in [1.165, 1.54) is 6.08 Å². The average Bonchev–Trinajstić information content (AvgIpc) is 3.23. The van der Waals surface area contributed by atoms with Gasteiger partial charge in [0.2, 0.25) is 0 Å². The van der Waals surface area contributed by atoms with Gasteiger partial charge in [-0.15, -0.1) is 5.10 Å². The van der Waals surface area contributed by atoms with Crippen molar-refractivity contribution in [3.63, 3.8) is 0 Å². The zero-order valence-electron chi connectivity index (χ0n) is 16.1. The highest BCUT2D eigenvalue weighted by atomic mass is 32.1. The number of carbonyl (C=O) groups is 2. The molecule has 1 unspecified atom stereocenters. The lowest BCUT2D eigenvalue weighted by atomic mass is 9.99. The summed E-state index contributed by atoms with van der Waals surface area (Å²) in [6, 6.07) is 9.00. The normalized spacial score (nSPS) is 12.2. The maximum Gasteiger partial charge on any atom is 0.262 e. The Labute approximate surface area is 169 Å². The summed E-state index contributed by atoms with van der Waals surface area (Å²) in [5.74, 6) is -0.314. The maximum absolute atomic E-state index is 12.5. The van der Waals surface area contributed by atoms with Crippen LogP contribution in [0.4, 0.5) is 0 Å². The van der Waals surface area contributed by atoms with Crippen molar-refractivity contribution in [2.45, 2.75) is 52.0 Å². The molecule has 0 aliphatic carbocycles. The Hall–Kier alpha value is -2.85. The van der Waals surface area contributed by atoms with Crippen LogP contribution in [0.3, 0.4) is 0 Å². The second-order valence-electron chi connectivity index (χ2n) is 6.44. The molecule has 146 valence electrons. The van der Waals surface area contributed by atoms with Crippen molar-refractivity contribution in [3.05, 3.63) is 52.0 Å². The molecule has 1 heterocycles. The number of nitrogens with one attached hydrogen (secondary N) is 1. The van der Waals surface area contributed by atoms with Gasteiger partial charge in [0, 0.05) is 17.4 Å². The van der Waals surface area contributed by atoms with Crippen LogP contribution in [0.15, 0.2) is 35.2 Å². The van der Waals surface area contributed by atoms with Crippen LogP contribution in [0.25, 0.3) is 6.08 Å². The number of amides is 1. The van der Waals surface area contributed by atoms with Crippen LogP contribution < -0.4 is 5.32 Å². The highest BCUT2D eigenvalue weighted by molar-refractivity contribution is 7.03. The number of hydrogen-bond donors (Lipinski definition) is 1. The molecule has 1 N–H and O–H groups in total. The number of unbranched alkanes of at least 4 members (excludes halogenated alkanes) is 2. The summed E-state index contributed by atoms with van der Waals surface area (Å²) < 4.78 is 3.72. The van der Waals surface area contributed by atoms with E-state index in [2.05, 4.69) is 21.8 Å². The first-order valence-corrected chi connectivity index (χ1v) is 10.3. The van der Waals surface area contributed by atoms with E-state index >= 15 is 0 Å². The van der Waals surface area contributed by atoms with Gasteiger partial charge >= 0.3 is 0 Å². The van der Waals surface area contributed by atoms with Crippen LogP contribution >= 0.6 is 11.5 Å². The Bertz CT molecular complexity index is 852. The molecule has 28 heavy (non-hydrogen) atoms. The number of benzene rings is 1. The monoisotopic (exact) mass is 396 g/mol. The molecule has 6 nitrogen and oxygen atoms in total. The molecule has 0 fully saturated rings. The van der Waals surface area contributed by atoms with Gasteiger partial charge in [-0.05, 0) is 36.0 Å². The van der Waals surface area contributed by atoms with E-state index in [1.54, 1.807) is 17.5 Å². The number of ketones is 1. The van der Waals surface area contributed by atoms with Crippen LogP contribution in [-0.4, -0.2) is 21.3 Å². The highest BCUT2D eigenvalue weighted by Crippen LogP contribution is 2.19. The van der Waals surface area contributed by atoms with Gasteiger partial charge in [-0.3, -0.25) is 9.59 Å². The van der Waals surface area contributed by atoms with Gasteiger partial charge in [-0.2, -0.15) is 5.26 Å². The van der Waals surface area contributed by atoms with Gasteiger partial charge < -0.3 is 5.32 Å². The molecule has 1 atom stereocenters. The van der Waals surface area contributed by atoms with E-state index in [0.717, 1.165) is 36.4 Å². The van der Waals surface area contributed by atoms with E-state index in [1.807, 2.05) is 25.1 Å². The van der Waals surface area contributed by atoms with E-state index in [9.17, 15) is 14.9 Å². The van der Waals surface area contributed by atoms with Crippen molar-refractivity contribution < 1.29 is 9.59 Å². The van der Waals surface area contributed by atoms with Crippen molar-refractivity contribution in [2.75, 3.05) is 0 Å². The number of rotatable bonds is 10. The number of carbonyl (C=O) groups excluding carboxylic acids is 2. The molecule has 1 aromatic heterocycles. The van der Waals surface area contributed by atoms with Crippen LogP contribution in [0.1, 0.15) is 73.6 Å². The third kappa shape index (κ3) is 6.10. The smallest absolute Gasteiger partial charge is 0.262 e. The van der Waals surface area contributed by atoms with Gasteiger partial charge in [0.15, 0.2) is 5.78 Å². The molecule has 1 amide bonds. The molecule has 0 aliphatic heterocycles. The van der Waals surface area contributed by atoms with Crippen LogP contribution in [0, 0.1) is 11.3 Å². The zero-order valence-corrected chi connectivity index (χ0v) is 17.0. The first kappa shape index (κ1) is 21.5. The van der Waals surface area contributed by atoms with Crippen LogP contribution in [0.5, 0.6) is 0 Å². The molecule has 0 bridgehead atoms. The predicted molar refractivity (Wildman–Crippen MR) is 110 cm³/mol. The number of nitriles is 1. The number of aromatic nitrogens is 2. The summed E-state index contributed by atoms with van der Waals surface area (Å²) in [6.45, 7) is 4.06. The minimum absolute atomic E-state index is 0.0196. The van der Waals surface area contributed by atoms with E-state index in [0.29, 0.717) is 24.1 Å². The van der Waals surface area contributed by atoms with E-state index in [-0.39, 0.29) is 17.4 Å². The zero-order chi connectivity index (χ0) is 20.4. The largest absolute Gasteiger partial charge is 0.345 e. The van der Waals surface area contributed by atoms with Crippen LogP contribution in [-0.2, 0) is 4.79 Å². The first-order chi connectivity index (χ1) is 13.6. The van der Waals surface area contributed by atoms with Crippen molar-refractivity contribution >= 4 is 29.3 Å². The Kier molecular flexibility index (Phi) is 8.50. The van der Waals surface area contributed by atoms with Crippen LogP contribution in [0.2, 0.25) is 0 Å². The summed E-state index contributed by atoms with van der Waals surface area (Å²) in [5.41, 5.74) is 2.05. The molecule has 0 saturated heterocycles. The molecule has 0 radical (unpaired) electrons. The van der Waals surface area contributed by atoms with Gasteiger partial charge in [0.1, 0.15) is 11.6 Å². The molecular formula is C21H24N4O2S. The quantitative estimate of drug-likeness (QED) is 0.276. The molecule has 1 aromatic carbocycles. The lowest BCUT2D eigenvalue weighted by Gasteiger charge is -2.17. The number of nitrogens with zero attached hydrogens (tertiary/aromatic N) is 3. The third-order valence-electron chi connectivity index (χ3n) is 4.39. The summed E-state index contributed by atoms with van der Waals surface area (Å²) in [4.78, 5) is 24.7. The van der Waals surface area contributed by atoms with E-state index < -0.39 is 5.91 Å². The number of Topliss-reactive ketones (excluding diaryl/α,β-unsaturated/α-hetero) is 1. The molecule has 0 saturated carbocycles. The number of hydrogen-bond acceptors (Lipinski definition) is 6. The predicted octanol–water partition coefficient (Wildman–Crippen LogP) is 4.48. The molecule has 0 spiro atoms. The Balaban J connectivity index is 2.05. The highest BCUT2D eigenvalue weighted by Gasteiger charge is 2.17. The third-order valence-corrected chi connectivity index (χ3v) is 4.91. The molecule has 7 heteroatoms. The van der Waals surface area contributed by atoms with Gasteiger partial charge in [-0.1, -0.05) is 55.4 Å². The Morgan fingerprint density at radius 1 is 1.25 bits per heavy atom. The fourth-order valence-electron chi connectivity index (χ4n) is 2.77. The molecular weight excluding hydrogens is 372 g/mol. The Morgan fingerprint density at radius 3 is 2.57 bits per heavy atom. The summed E-state index contributed by atoms with van der Waals surface area (Å²) in [7, 11) is 0. The summed E-state index contributed by atoms with van der Waals surface area (Å²) in [6.07, 6.45) is 5.68. The second-order valence-corrected chi connectivity index (χ2v) is 7.05. The van der Waals surface area contributed by atoms with Crippen molar-refractivity contribution in [2.24, 2.45) is 0 Å². The SMILES string of the molecule is CCCCCC(=O)c1ccc(C(CC)NC(=O)/C(C#N)=C/c2csnn2)cc1. The minimum Gasteiger partial charge on any atom is -0.345 e. The fraction of sp³-hybridized carbons (Fsp3) is 0.381. The molecule has 2 aromatic rings. The van der Waals surface area contributed by atoms with Gasteiger partial charge in [0.05, 0.1) is 11.7 Å². The van der Waals surface area contributed by atoms with Gasteiger partial charge in [0.25, 0.3) is 5.91 Å². The minimum atomic E-state index is -0.456. The lowest BCUT2D eigenvalue weighted by Crippen LogP contribution is -2.29. The average molecular weight is 397 g/mol. The standard InChI is InChI=1S/C21H24N4O2S/c1-3-5-6-7-20(26)16-10-8-15(9-11-16)19(4-2)23-21(27)17(13-22)12-18-14-28-25-24-18/h8-12,14,19H,3-7H2,1-2H3,(H,23,27)/b17-12+. The summed E-state index contributed by atoms with van der Waals surface area (Å²) >= 11 is 1.15. The maximum atomic E-state index is 12.5. The second kappa shape index (κ2) is 11.1.